The Morgan fingerprint density at radius 1 is 1.14 bits per heavy atom. The van der Waals surface area contributed by atoms with Crippen molar-refractivity contribution in [1.82, 2.24) is 9.55 Å². The van der Waals surface area contributed by atoms with Crippen LogP contribution < -0.4 is 5.73 Å². The molecule has 21 heavy (non-hydrogen) atoms. The first-order valence-electron chi connectivity index (χ1n) is 8.02. The van der Waals surface area contributed by atoms with Crippen LogP contribution in [0.25, 0.3) is 0 Å². The van der Waals surface area contributed by atoms with Gasteiger partial charge in [0, 0.05) is 5.92 Å². The predicted octanol–water partition coefficient (Wildman–Crippen LogP) is 4.37. The maximum Gasteiger partial charge on any atom is 0.127 e. The Kier molecular flexibility index (Phi) is 5.43. The zero-order valence-electron chi connectivity index (χ0n) is 13.5. The van der Waals surface area contributed by atoms with Gasteiger partial charge >= 0.3 is 0 Å². The fraction of sp³-hybridized carbons (Fsp3) is 0.500. The molecule has 3 nitrogen and oxygen atoms in total. The first kappa shape index (κ1) is 15.6. The molecule has 0 aliphatic rings. The lowest BCUT2D eigenvalue weighted by Gasteiger charge is -2.12. The lowest BCUT2D eigenvalue weighted by molar-refractivity contribution is 0.673. The average molecular weight is 285 g/mol. The molecule has 0 spiro atoms. The summed E-state index contributed by atoms with van der Waals surface area (Å²) >= 11 is 0. The van der Waals surface area contributed by atoms with Crippen LogP contribution in [0.4, 0.5) is 5.82 Å². The van der Waals surface area contributed by atoms with E-state index in [1.807, 2.05) is 6.07 Å². The van der Waals surface area contributed by atoms with E-state index in [1.165, 1.54) is 24.8 Å². The molecule has 0 fully saturated rings. The quantitative estimate of drug-likeness (QED) is 0.768. The van der Waals surface area contributed by atoms with E-state index in [-0.39, 0.29) is 0 Å². The molecule has 0 unspecified atom stereocenters. The Balaban J connectivity index is 2.25. The number of nitrogen functional groups attached to an aromatic ring is 1. The minimum absolute atomic E-state index is 0.385. The van der Waals surface area contributed by atoms with Crippen molar-refractivity contribution in [2.75, 3.05) is 5.73 Å². The van der Waals surface area contributed by atoms with Crippen LogP contribution in [0.2, 0.25) is 0 Å². The van der Waals surface area contributed by atoms with Gasteiger partial charge in [0.25, 0.3) is 0 Å². The van der Waals surface area contributed by atoms with Gasteiger partial charge in [0.1, 0.15) is 11.6 Å². The van der Waals surface area contributed by atoms with Crippen LogP contribution in [0, 0.1) is 0 Å². The second kappa shape index (κ2) is 7.30. The van der Waals surface area contributed by atoms with Crippen molar-refractivity contribution in [3.63, 3.8) is 0 Å². The molecule has 114 valence electrons. The molecular formula is C18H27N3. The molecule has 0 saturated carbocycles. The van der Waals surface area contributed by atoms with Gasteiger partial charge in [-0.25, -0.2) is 4.98 Å². The fourth-order valence-corrected chi connectivity index (χ4v) is 2.63. The average Bonchev–Trinajstić information content (AvgIpc) is 2.78. The molecule has 0 radical (unpaired) electrons. The van der Waals surface area contributed by atoms with Gasteiger partial charge in [-0.3, -0.25) is 0 Å². The SMILES string of the molecule is CCCCCc1nc(C(C)C)n(Cc2ccccc2)c1N. The van der Waals surface area contributed by atoms with E-state index in [1.54, 1.807) is 0 Å². The van der Waals surface area contributed by atoms with E-state index in [4.69, 9.17) is 10.7 Å². The van der Waals surface area contributed by atoms with E-state index in [0.717, 1.165) is 30.3 Å². The Bertz CT molecular complexity index is 555. The standard InChI is InChI=1S/C18H27N3/c1-4-5-7-12-16-17(19)21(18(20-16)14(2)3)13-15-10-8-6-9-11-15/h6,8-11,14H,4-5,7,12-13,19H2,1-3H3. The van der Waals surface area contributed by atoms with Crippen LogP contribution in [0.5, 0.6) is 0 Å². The second-order valence-electron chi connectivity index (χ2n) is 5.99. The van der Waals surface area contributed by atoms with Crippen LogP contribution in [-0.2, 0) is 13.0 Å². The molecule has 0 bridgehead atoms. The molecule has 3 heteroatoms. The molecule has 0 aliphatic heterocycles. The van der Waals surface area contributed by atoms with Gasteiger partial charge < -0.3 is 10.3 Å². The lowest BCUT2D eigenvalue weighted by Crippen LogP contribution is -2.09. The molecule has 0 aliphatic carbocycles. The molecule has 1 heterocycles. The summed E-state index contributed by atoms with van der Waals surface area (Å²) in [6, 6.07) is 10.5. The Morgan fingerprint density at radius 2 is 1.86 bits per heavy atom. The lowest BCUT2D eigenvalue weighted by atomic mass is 10.1. The van der Waals surface area contributed by atoms with Crippen molar-refractivity contribution in [1.29, 1.82) is 0 Å². The van der Waals surface area contributed by atoms with Crippen LogP contribution in [-0.4, -0.2) is 9.55 Å². The summed E-state index contributed by atoms with van der Waals surface area (Å²) in [6.45, 7) is 7.38. The van der Waals surface area contributed by atoms with Crippen molar-refractivity contribution in [3.05, 3.63) is 47.4 Å². The van der Waals surface area contributed by atoms with Gasteiger partial charge in [0.2, 0.25) is 0 Å². The third kappa shape index (κ3) is 3.87. The number of benzene rings is 1. The van der Waals surface area contributed by atoms with Gasteiger partial charge in [-0.1, -0.05) is 63.9 Å². The number of hydrogen-bond acceptors (Lipinski definition) is 2. The maximum absolute atomic E-state index is 6.37. The molecule has 1 aromatic heterocycles. The Labute approximate surface area is 128 Å². The molecule has 0 atom stereocenters. The van der Waals surface area contributed by atoms with Crippen LogP contribution >= 0.6 is 0 Å². The van der Waals surface area contributed by atoms with Gasteiger partial charge in [0.05, 0.1) is 12.2 Å². The number of nitrogens with zero attached hydrogens (tertiary/aromatic N) is 2. The minimum Gasteiger partial charge on any atom is -0.384 e. The topological polar surface area (TPSA) is 43.8 Å². The highest BCUT2D eigenvalue weighted by Gasteiger charge is 2.16. The summed E-state index contributed by atoms with van der Waals surface area (Å²) in [6.07, 6.45) is 4.62. The maximum atomic E-state index is 6.37. The largest absolute Gasteiger partial charge is 0.384 e. The summed E-state index contributed by atoms with van der Waals surface area (Å²) < 4.78 is 2.18. The first-order chi connectivity index (χ1) is 10.1. The third-order valence-electron chi connectivity index (χ3n) is 3.83. The van der Waals surface area contributed by atoms with Gasteiger partial charge in [-0.15, -0.1) is 0 Å². The van der Waals surface area contributed by atoms with E-state index in [0.29, 0.717) is 5.92 Å². The summed E-state index contributed by atoms with van der Waals surface area (Å²) in [5, 5.41) is 0. The zero-order valence-corrected chi connectivity index (χ0v) is 13.5. The minimum atomic E-state index is 0.385. The summed E-state index contributed by atoms with van der Waals surface area (Å²) in [5.41, 5.74) is 8.71. The van der Waals surface area contributed by atoms with Crippen molar-refractivity contribution in [2.24, 2.45) is 0 Å². The van der Waals surface area contributed by atoms with Crippen molar-refractivity contribution in [3.8, 4) is 0 Å². The van der Waals surface area contributed by atoms with Crippen molar-refractivity contribution >= 4 is 5.82 Å². The molecule has 0 amide bonds. The van der Waals surface area contributed by atoms with Gasteiger partial charge in [-0.2, -0.15) is 0 Å². The fourth-order valence-electron chi connectivity index (χ4n) is 2.63. The summed E-state index contributed by atoms with van der Waals surface area (Å²) in [5.74, 6) is 2.33. The first-order valence-corrected chi connectivity index (χ1v) is 8.02. The Hall–Kier alpha value is -1.77. The van der Waals surface area contributed by atoms with E-state index >= 15 is 0 Å². The number of hydrogen-bond donors (Lipinski definition) is 1. The van der Waals surface area contributed by atoms with Crippen LogP contribution in [0.15, 0.2) is 30.3 Å². The van der Waals surface area contributed by atoms with Crippen LogP contribution in [0.1, 0.15) is 63.0 Å². The van der Waals surface area contributed by atoms with E-state index in [9.17, 15) is 0 Å². The molecule has 2 rings (SSSR count). The Morgan fingerprint density at radius 3 is 2.48 bits per heavy atom. The van der Waals surface area contributed by atoms with Gasteiger partial charge in [-0.05, 0) is 18.4 Å². The highest BCUT2D eigenvalue weighted by Crippen LogP contribution is 2.24. The number of rotatable bonds is 7. The van der Waals surface area contributed by atoms with E-state index < -0.39 is 0 Å². The van der Waals surface area contributed by atoms with Crippen molar-refractivity contribution < 1.29 is 0 Å². The highest BCUT2D eigenvalue weighted by atomic mass is 15.1. The number of nitrogens with two attached hydrogens (primary N) is 1. The molecule has 2 aromatic rings. The number of unbranched alkanes of at least 4 members (excludes halogenated alkanes) is 2. The number of aromatic nitrogens is 2. The summed E-state index contributed by atoms with van der Waals surface area (Å²) in [7, 11) is 0. The number of anilines is 1. The zero-order chi connectivity index (χ0) is 15.2. The molecule has 0 saturated heterocycles. The van der Waals surface area contributed by atoms with Crippen molar-refractivity contribution in [2.45, 2.75) is 58.9 Å². The van der Waals surface area contributed by atoms with Gasteiger partial charge in [0.15, 0.2) is 0 Å². The second-order valence-corrected chi connectivity index (χ2v) is 5.99. The smallest absolute Gasteiger partial charge is 0.127 e. The third-order valence-corrected chi connectivity index (χ3v) is 3.83. The number of imidazole rings is 1. The highest BCUT2D eigenvalue weighted by molar-refractivity contribution is 5.40. The number of aryl methyl sites for hydroxylation is 1. The molecular weight excluding hydrogens is 258 g/mol. The molecule has 2 N–H and O–H groups in total. The summed E-state index contributed by atoms with van der Waals surface area (Å²) in [4.78, 5) is 4.82. The van der Waals surface area contributed by atoms with Crippen LogP contribution in [0.3, 0.4) is 0 Å². The monoisotopic (exact) mass is 285 g/mol. The normalized spacial score (nSPS) is 11.2. The van der Waals surface area contributed by atoms with E-state index in [2.05, 4.69) is 49.6 Å². The predicted molar refractivity (Wildman–Crippen MR) is 89.5 cm³/mol. The molecule has 1 aromatic carbocycles.